The number of carbonyl (C=O) groups is 1. The molecule has 1 aliphatic rings. The Hall–Kier alpha value is -2.50. The Morgan fingerprint density at radius 1 is 1.35 bits per heavy atom. The molecule has 0 radical (unpaired) electrons. The molecule has 0 aliphatic heterocycles. The van der Waals surface area contributed by atoms with Gasteiger partial charge < -0.3 is 18.9 Å². The Kier molecular flexibility index (Phi) is 5.20. The summed E-state index contributed by atoms with van der Waals surface area (Å²) in [6.07, 6.45) is 2.41. The molecule has 0 saturated heterocycles. The van der Waals surface area contributed by atoms with Crippen LogP contribution in [0, 0.1) is 19.8 Å². The van der Waals surface area contributed by atoms with Crippen molar-refractivity contribution >= 4 is 5.91 Å². The van der Waals surface area contributed by atoms with Crippen molar-refractivity contribution in [2.24, 2.45) is 5.92 Å². The summed E-state index contributed by atoms with van der Waals surface area (Å²) in [4.78, 5) is 14.6. The first-order valence-electron chi connectivity index (χ1n) is 8.92. The number of nitrogens with zero attached hydrogens (tertiary/aromatic N) is 2. The summed E-state index contributed by atoms with van der Waals surface area (Å²) in [7, 11) is 3.43. The van der Waals surface area contributed by atoms with E-state index < -0.39 is 0 Å². The minimum Gasteiger partial charge on any atom is -0.493 e. The molecule has 1 amide bonds. The molecule has 2 aromatic rings. The first kappa shape index (κ1) is 18.3. The van der Waals surface area contributed by atoms with Crippen LogP contribution < -0.4 is 9.47 Å². The molecular formula is C20H26N2O4. The minimum absolute atomic E-state index is 0.0000246. The van der Waals surface area contributed by atoms with Crippen LogP contribution in [0.25, 0.3) is 0 Å². The van der Waals surface area contributed by atoms with Gasteiger partial charge in [0.05, 0.1) is 18.4 Å². The third-order valence-electron chi connectivity index (χ3n) is 5.20. The molecule has 6 heteroatoms. The highest BCUT2D eigenvalue weighted by atomic mass is 16.5. The maximum atomic E-state index is 12.7. The molecule has 1 unspecified atom stereocenters. The van der Waals surface area contributed by atoms with Gasteiger partial charge in [0, 0.05) is 18.7 Å². The van der Waals surface area contributed by atoms with Crippen LogP contribution in [0.5, 0.6) is 11.5 Å². The van der Waals surface area contributed by atoms with Gasteiger partial charge in [-0.05, 0) is 57.7 Å². The van der Waals surface area contributed by atoms with Crippen LogP contribution in [0.2, 0.25) is 0 Å². The van der Waals surface area contributed by atoms with E-state index in [9.17, 15) is 4.79 Å². The molecule has 1 saturated carbocycles. The number of ether oxygens (including phenoxy) is 2. The normalized spacial score (nSPS) is 14.8. The lowest BCUT2D eigenvalue weighted by molar-refractivity contribution is 0.0727. The van der Waals surface area contributed by atoms with Gasteiger partial charge in [-0.1, -0.05) is 5.16 Å². The van der Waals surface area contributed by atoms with E-state index in [1.807, 2.05) is 25.8 Å². The molecule has 1 aromatic carbocycles. The van der Waals surface area contributed by atoms with Crippen LogP contribution in [-0.4, -0.2) is 36.2 Å². The predicted octanol–water partition coefficient (Wildman–Crippen LogP) is 3.75. The highest BCUT2D eigenvalue weighted by Crippen LogP contribution is 2.35. The SMILES string of the molecule is COc1cc(C(=O)N(C)C(C)C2CC2)ccc1OCc1c(C)noc1C. The summed E-state index contributed by atoms with van der Waals surface area (Å²) in [5.74, 6) is 2.49. The maximum absolute atomic E-state index is 12.7. The zero-order valence-electron chi connectivity index (χ0n) is 16.0. The molecule has 1 atom stereocenters. The standard InChI is InChI=1S/C20H26N2O4/c1-12-17(14(3)26-21-12)11-25-18-9-8-16(10-19(18)24-5)20(23)22(4)13(2)15-6-7-15/h8-10,13,15H,6-7,11H2,1-5H3. The van der Waals surface area contributed by atoms with Crippen molar-refractivity contribution in [1.82, 2.24) is 10.1 Å². The van der Waals surface area contributed by atoms with E-state index in [4.69, 9.17) is 14.0 Å². The first-order chi connectivity index (χ1) is 12.4. The summed E-state index contributed by atoms with van der Waals surface area (Å²) in [6, 6.07) is 5.55. The Bertz CT molecular complexity index is 776. The van der Waals surface area contributed by atoms with Crippen LogP contribution in [-0.2, 0) is 6.61 Å². The number of methoxy groups -OCH3 is 1. The van der Waals surface area contributed by atoms with E-state index in [1.165, 1.54) is 12.8 Å². The number of aromatic nitrogens is 1. The molecule has 0 bridgehead atoms. The molecule has 0 N–H and O–H groups in total. The number of benzene rings is 1. The number of amides is 1. The van der Waals surface area contributed by atoms with Gasteiger partial charge in [0.1, 0.15) is 12.4 Å². The zero-order chi connectivity index (χ0) is 18.8. The zero-order valence-corrected chi connectivity index (χ0v) is 16.0. The average molecular weight is 358 g/mol. The van der Waals surface area contributed by atoms with E-state index in [1.54, 1.807) is 25.3 Å². The molecule has 1 fully saturated rings. The highest BCUT2D eigenvalue weighted by molar-refractivity contribution is 5.95. The van der Waals surface area contributed by atoms with Gasteiger partial charge >= 0.3 is 0 Å². The summed E-state index contributed by atoms with van der Waals surface area (Å²) >= 11 is 0. The largest absolute Gasteiger partial charge is 0.493 e. The molecule has 0 spiro atoms. The first-order valence-corrected chi connectivity index (χ1v) is 8.92. The number of hydrogen-bond acceptors (Lipinski definition) is 5. The predicted molar refractivity (Wildman–Crippen MR) is 97.6 cm³/mol. The van der Waals surface area contributed by atoms with Crippen LogP contribution in [0.1, 0.15) is 47.1 Å². The monoisotopic (exact) mass is 358 g/mol. The topological polar surface area (TPSA) is 64.8 Å². The molecule has 140 valence electrons. The van der Waals surface area contributed by atoms with Gasteiger partial charge in [-0.2, -0.15) is 0 Å². The second kappa shape index (κ2) is 7.40. The van der Waals surface area contributed by atoms with Crippen molar-refractivity contribution in [3.05, 3.63) is 40.8 Å². The second-order valence-corrected chi connectivity index (χ2v) is 6.95. The fraction of sp³-hybridized carbons (Fsp3) is 0.500. The molecule has 6 nitrogen and oxygen atoms in total. The second-order valence-electron chi connectivity index (χ2n) is 6.95. The van der Waals surface area contributed by atoms with Crippen molar-refractivity contribution < 1.29 is 18.8 Å². The Labute approximate surface area is 154 Å². The van der Waals surface area contributed by atoms with Gasteiger partial charge in [0.2, 0.25) is 0 Å². The van der Waals surface area contributed by atoms with Crippen molar-refractivity contribution in [3.8, 4) is 11.5 Å². The number of rotatable bonds is 7. The third-order valence-corrected chi connectivity index (χ3v) is 5.20. The van der Waals surface area contributed by atoms with Gasteiger partial charge in [0.15, 0.2) is 11.5 Å². The van der Waals surface area contributed by atoms with E-state index in [2.05, 4.69) is 12.1 Å². The Balaban J connectivity index is 1.73. The molecule has 1 heterocycles. The van der Waals surface area contributed by atoms with Crippen molar-refractivity contribution in [3.63, 3.8) is 0 Å². The fourth-order valence-electron chi connectivity index (χ4n) is 3.06. The number of hydrogen-bond donors (Lipinski definition) is 0. The average Bonchev–Trinajstić information content (AvgIpc) is 3.45. The molecular weight excluding hydrogens is 332 g/mol. The van der Waals surface area contributed by atoms with Crippen LogP contribution in [0.15, 0.2) is 22.7 Å². The molecule has 26 heavy (non-hydrogen) atoms. The van der Waals surface area contributed by atoms with E-state index in [0.717, 1.165) is 17.0 Å². The summed E-state index contributed by atoms with van der Waals surface area (Å²) in [5.41, 5.74) is 2.33. The Morgan fingerprint density at radius 2 is 2.08 bits per heavy atom. The van der Waals surface area contributed by atoms with E-state index >= 15 is 0 Å². The molecule has 3 rings (SSSR count). The van der Waals surface area contributed by atoms with Gasteiger partial charge in [0.25, 0.3) is 5.91 Å². The lowest BCUT2D eigenvalue weighted by atomic mass is 10.1. The van der Waals surface area contributed by atoms with Crippen LogP contribution in [0.4, 0.5) is 0 Å². The quantitative estimate of drug-likeness (QED) is 0.754. The van der Waals surface area contributed by atoms with Crippen molar-refractivity contribution in [2.45, 2.75) is 46.3 Å². The van der Waals surface area contributed by atoms with E-state index in [0.29, 0.717) is 29.6 Å². The number of carbonyl (C=O) groups excluding carboxylic acids is 1. The fourth-order valence-corrected chi connectivity index (χ4v) is 3.06. The molecule has 1 aromatic heterocycles. The summed E-state index contributed by atoms with van der Waals surface area (Å²) in [6.45, 7) is 6.18. The van der Waals surface area contributed by atoms with Gasteiger partial charge in [-0.3, -0.25) is 4.79 Å². The van der Waals surface area contributed by atoms with Gasteiger partial charge in [-0.25, -0.2) is 0 Å². The van der Waals surface area contributed by atoms with E-state index in [-0.39, 0.29) is 11.9 Å². The van der Waals surface area contributed by atoms with Crippen molar-refractivity contribution in [2.75, 3.05) is 14.2 Å². The minimum atomic E-state index is -0.0000246. The number of aryl methyl sites for hydroxylation is 2. The van der Waals surface area contributed by atoms with Gasteiger partial charge in [-0.15, -0.1) is 0 Å². The van der Waals surface area contributed by atoms with Crippen LogP contribution >= 0.6 is 0 Å². The third kappa shape index (κ3) is 3.69. The van der Waals surface area contributed by atoms with Crippen molar-refractivity contribution in [1.29, 1.82) is 0 Å². The maximum Gasteiger partial charge on any atom is 0.253 e. The summed E-state index contributed by atoms with van der Waals surface area (Å²) in [5, 5.41) is 3.93. The highest BCUT2D eigenvalue weighted by Gasteiger charge is 2.32. The molecule has 1 aliphatic carbocycles. The lowest BCUT2D eigenvalue weighted by Crippen LogP contribution is -2.36. The lowest BCUT2D eigenvalue weighted by Gasteiger charge is -2.25. The summed E-state index contributed by atoms with van der Waals surface area (Å²) < 4.78 is 16.5. The smallest absolute Gasteiger partial charge is 0.253 e. The van der Waals surface area contributed by atoms with Crippen LogP contribution in [0.3, 0.4) is 0 Å². The Morgan fingerprint density at radius 3 is 2.65 bits per heavy atom.